The number of piperidine rings is 1. The van der Waals surface area contributed by atoms with Gasteiger partial charge in [0.15, 0.2) is 0 Å². The van der Waals surface area contributed by atoms with Crippen molar-refractivity contribution < 1.29 is 9.84 Å². The highest BCUT2D eigenvalue weighted by Crippen LogP contribution is 2.21. The fourth-order valence-corrected chi connectivity index (χ4v) is 1.91. The topological polar surface area (TPSA) is 97.4 Å². The van der Waals surface area contributed by atoms with Gasteiger partial charge in [0.1, 0.15) is 0 Å². The summed E-state index contributed by atoms with van der Waals surface area (Å²) in [7, 11) is 1.50. The molecule has 0 aromatic carbocycles. The Morgan fingerprint density at radius 1 is 1.35 bits per heavy atom. The minimum Gasteiger partial charge on any atom is -0.467 e. The van der Waals surface area contributed by atoms with Crippen LogP contribution in [0, 0.1) is 5.92 Å². The van der Waals surface area contributed by atoms with Crippen molar-refractivity contribution in [3.05, 3.63) is 0 Å². The fraction of sp³-hybridized carbons (Fsp3) is 0.700. The molecule has 1 aliphatic heterocycles. The van der Waals surface area contributed by atoms with Crippen LogP contribution in [0.15, 0.2) is 0 Å². The van der Waals surface area contributed by atoms with E-state index in [1.54, 1.807) is 0 Å². The number of anilines is 2. The molecule has 7 heteroatoms. The van der Waals surface area contributed by atoms with Gasteiger partial charge in [-0.25, -0.2) is 0 Å². The smallest absolute Gasteiger partial charge is 0.322 e. The minimum atomic E-state index is 0.163. The molecule has 0 unspecified atom stereocenters. The summed E-state index contributed by atoms with van der Waals surface area (Å²) in [6.45, 7) is 1.88. The molecule has 2 heterocycles. The van der Waals surface area contributed by atoms with Gasteiger partial charge in [0, 0.05) is 19.7 Å². The number of nitrogens with two attached hydrogens (primary N) is 1. The van der Waals surface area contributed by atoms with E-state index >= 15 is 0 Å². The molecule has 3 N–H and O–H groups in total. The normalized spacial score (nSPS) is 17.2. The maximum Gasteiger partial charge on any atom is 0.322 e. The van der Waals surface area contributed by atoms with E-state index in [-0.39, 0.29) is 18.6 Å². The van der Waals surface area contributed by atoms with Gasteiger partial charge in [-0.2, -0.15) is 15.0 Å². The number of hydrogen-bond acceptors (Lipinski definition) is 7. The molecule has 0 saturated carbocycles. The Morgan fingerprint density at radius 3 is 2.65 bits per heavy atom. The first-order valence-electron chi connectivity index (χ1n) is 5.64. The Kier molecular flexibility index (Phi) is 3.58. The zero-order valence-corrected chi connectivity index (χ0v) is 9.83. The summed E-state index contributed by atoms with van der Waals surface area (Å²) >= 11 is 0. The van der Waals surface area contributed by atoms with Crippen LogP contribution in [0.5, 0.6) is 6.01 Å². The zero-order valence-electron chi connectivity index (χ0n) is 9.83. The predicted octanol–water partition coefficient (Wildman–Crippen LogP) is -0.329. The largest absolute Gasteiger partial charge is 0.467 e. The lowest BCUT2D eigenvalue weighted by Gasteiger charge is -2.30. The van der Waals surface area contributed by atoms with Gasteiger partial charge in [-0.15, -0.1) is 0 Å². The molecule has 2 rings (SSSR count). The van der Waals surface area contributed by atoms with Crippen molar-refractivity contribution in [2.75, 3.05) is 37.4 Å². The van der Waals surface area contributed by atoms with Crippen LogP contribution in [-0.2, 0) is 0 Å². The van der Waals surface area contributed by atoms with Crippen molar-refractivity contribution in [3.63, 3.8) is 0 Å². The van der Waals surface area contributed by atoms with Crippen molar-refractivity contribution >= 4 is 11.9 Å². The van der Waals surface area contributed by atoms with Crippen molar-refractivity contribution in [3.8, 4) is 6.01 Å². The Hall–Kier alpha value is -1.63. The molecule has 94 valence electrons. The van der Waals surface area contributed by atoms with E-state index < -0.39 is 0 Å². The van der Waals surface area contributed by atoms with Gasteiger partial charge in [-0.05, 0) is 18.8 Å². The number of hydrogen-bond donors (Lipinski definition) is 2. The van der Waals surface area contributed by atoms with Crippen LogP contribution in [0.2, 0.25) is 0 Å². The summed E-state index contributed by atoms with van der Waals surface area (Å²) in [6, 6.07) is 0.233. The molecule has 0 spiro atoms. The summed E-state index contributed by atoms with van der Waals surface area (Å²) in [6.07, 6.45) is 1.87. The van der Waals surface area contributed by atoms with E-state index in [0.717, 1.165) is 25.9 Å². The first kappa shape index (κ1) is 11.8. The second kappa shape index (κ2) is 5.13. The Bertz CT molecular complexity index is 379. The highest BCUT2D eigenvalue weighted by Gasteiger charge is 2.21. The number of aromatic nitrogens is 3. The van der Waals surface area contributed by atoms with E-state index in [9.17, 15) is 0 Å². The number of aliphatic hydroxyl groups is 1. The third-order valence-corrected chi connectivity index (χ3v) is 2.96. The molecule has 0 atom stereocenters. The molecule has 1 saturated heterocycles. The van der Waals surface area contributed by atoms with Crippen LogP contribution >= 0.6 is 0 Å². The molecule has 1 fully saturated rings. The maximum atomic E-state index is 9.07. The van der Waals surface area contributed by atoms with Crippen LogP contribution in [0.25, 0.3) is 0 Å². The average Bonchev–Trinajstić information content (AvgIpc) is 2.38. The van der Waals surface area contributed by atoms with Crippen LogP contribution in [-0.4, -0.2) is 46.9 Å². The number of methoxy groups -OCH3 is 1. The third-order valence-electron chi connectivity index (χ3n) is 2.96. The van der Waals surface area contributed by atoms with E-state index in [1.807, 2.05) is 4.90 Å². The molecular weight excluding hydrogens is 222 g/mol. The second-order valence-corrected chi connectivity index (χ2v) is 4.09. The maximum absolute atomic E-state index is 9.07. The SMILES string of the molecule is COc1nc(N)nc(N2CCC(CO)CC2)n1. The summed E-state index contributed by atoms with van der Waals surface area (Å²) in [5, 5.41) is 9.07. The fourth-order valence-electron chi connectivity index (χ4n) is 1.91. The van der Waals surface area contributed by atoms with Gasteiger partial charge >= 0.3 is 6.01 Å². The highest BCUT2D eigenvalue weighted by atomic mass is 16.5. The lowest BCUT2D eigenvalue weighted by molar-refractivity contribution is 0.202. The van der Waals surface area contributed by atoms with Gasteiger partial charge in [-0.1, -0.05) is 0 Å². The van der Waals surface area contributed by atoms with Gasteiger partial charge in [0.05, 0.1) is 7.11 Å². The number of ether oxygens (including phenoxy) is 1. The molecule has 1 aromatic heterocycles. The molecule has 0 radical (unpaired) electrons. The van der Waals surface area contributed by atoms with E-state index in [1.165, 1.54) is 7.11 Å². The standard InChI is InChI=1S/C10H17N5O2/c1-17-10-13-8(11)12-9(14-10)15-4-2-7(6-16)3-5-15/h7,16H,2-6H2,1H3,(H2,11,12,13,14). The quantitative estimate of drug-likeness (QED) is 0.745. The first-order chi connectivity index (χ1) is 8.22. The lowest BCUT2D eigenvalue weighted by atomic mass is 9.98. The Balaban J connectivity index is 2.10. The van der Waals surface area contributed by atoms with Gasteiger partial charge < -0.3 is 20.5 Å². The van der Waals surface area contributed by atoms with Crippen molar-refractivity contribution in [2.45, 2.75) is 12.8 Å². The monoisotopic (exact) mass is 239 g/mol. The number of nitrogens with zero attached hydrogens (tertiary/aromatic N) is 4. The number of nitrogen functional groups attached to an aromatic ring is 1. The van der Waals surface area contributed by atoms with E-state index in [0.29, 0.717) is 11.9 Å². The molecule has 1 aromatic rings. The molecule has 17 heavy (non-hydrogen) atoms. The molecule has 0 amide bonds. The summed E-state index contributed by atoms with van der Waals surface area (Å²) in [5.74, 6) is 1.09. The predicted molar refractivity (Wildman–Crippen MR) is 62.8 cm³/mol. The number of aliphatic hydroxyl groups excluding tert-OH is 1. The first-order valence-corrected chi connectivity index (χ1v) is 5.64. The Labute approximate surface area is 99.6 Å². The van der Waals surface area contributed by atoms with Crippen LogP contribution in [0.4, 0.5) is 11.9 Å². The van der Waals surface area contributed by atoms with Crippen molar-refractivity contribution in [1.82, 2.24) is 15.0 Å². The van der Waals surface area contributed by atoms with Gasteiger partial charge in [0.25, 0.3) is 0 Å². The lowest BCUT2D eigenvalue weighted by Crippen LogP contribution is -2.36. The van der Waals surface area contributed by atoms with Gasteiger partial charge in [0.2, 0.25) is 11.9 Å². The average molecular weight is 239 g/mol. The molecule has 1 aliphatic rings. The molecule has 7 nitrogen and oxygen atoms in total. The second-order valence-electron chi connectivity index (χ2n) is 4.09. The summed E-state index contributed by atoms with van der Waals surface area (Å²) < 4.78 is 4.96. The molecule has 0 aliphatic carbocycles. The van der Waals surface area contributed by atoms with Crippen LogP contribution in [0.1, 0.15) is 12.8 Å². The van der Waals surface area contributed by atoms with E-state index in [4.69, 9.17) is 15.6 Å². The highest BCUT2D eigenvalue weighted by molar-refractivity contribution is 5.36. The Morgan fingerprint density at radius 2 is 2.06 bits per heavy atom. The molecule has 0 bridgehead atoms. The van der Waals surface area contributed by atoms with E-state index in [2.05, 4.69) is 15.0 Å². The molecular formula is C10H17N5O2. The van der Waals surface area contributed by atoms with Gasteiger partial charge in [-0.3, -0.25) is 0 Å². The zero-order chi connectivity index (χ0) is 12.3. The summed E-state index contributed by atoms with van der Waals surface area (Å²) in [5.41, 5.74) is 5.59. The van der Waals surface area contributed by atoms with Crippen molar-refractivity contribution in [2.24, 2.45) is 5.92 Å². The third kappa shape index (κ3) is 2.73. The summed E-state index contributed by atoms with van der Waals surface area (Å²) in [4.78, 5) is 14.1. The van der Waals surface area contributed by atoms with Crippen LogP contribution in [0.3, 0.4) is 0 Å². The van der Waals surface area contributed by atoms with Crippen molar-refractivity contribution in [1.29, 1.82) is 0 Å². The minimum absolute atomic E-state index is 0.163. The number of rotatable bonds is 3. The van der Waals surface area contributed by atoms with Crippen LogP contribution < -0.4 is 15.4 Å².